The van der Waals surface area contributed by atoms with Crippen LogP contribution in [0.15, 0.2) is 4.99 Å². The molecule has 0 bridgehead atoms. The Morgan fingerprint density at radius 3 is 2.48 bits per heavy atom. The van der Waals surface area contributed by atoms with Crippen molar-refractivity contribution in [2.45, 2.75) is 53.4 Å². The third-order valence-corrected chi connectivity index (χ3v) is 4.03. The summed E-state index contributed by atoms with van der Waals surface area (Å²) in [5, 5.41) is 11.2. The van der Waals surface area contributed by atoms with Crippen LogP contribution in [0.2, 0.25) is 0 Å². The maximum Gasteiger partial charge on any atom is 0.191 e. The van der Waals surface area contributed by atoms with E-state index in [9.17, 15) is 0 Å². The molecule has 0 radical (unpaired) electrons. The maximum atomic E-state index is 5.56. The van der Waals surface area contributed by atoms with Crippen LogP contribution >= 0.6 is 24.0 Å². The Morgan fingerprint density at radius 1 is 1.16 bits per heavy atom. The third kappa shape index (κ3) is 9.44. The quantitative estimate of drug-likeness (QED) is 0.228. The van der Waals surface area contributed by atoms with E-state index in [1.54, 1.807) is 0 Å². The Kier molecular flexibility index (Phi) is 13.9. The van der Waals surface area contributed by atoms with Crippen molar-refractivity contribution in [1.82, 2.24) is 20.4 Å². The summed E-state index contributed by atoms with van der Waals surface area (Å²) in [5.41, 5.74) is 3.67. The lowest BCUT2D eigenvalue weighted by molar-refractivity contribution is 0.130. The zero-order valence-electron chi connectivity index (χ0n) is 16.5. The van der Waals surface area contributed by atoms with Crippen molar-refractivity contribution in [3.05, 3.63) is 17.0 Å². The number of rotatable bonds is 11. The number of nitrogens with zero attached hydrogens (tertiary/aromatic N) is 3. The first-order valence-electron chi connectivity index (χ1n) is 9.19. The van der Waals surface area contributed by atoms with Crippen LogP contribution in [0.25, 0.3) is 0 Å². The van der Waals surface area contributed by atoms with Crippen molar-refractivity contribution < 1.29 is 4.74 Å². The number of hydrogen-bond donors (Lipinski definition) is 2. The van der Waals surface area contributed by atoms with Gasteiger partial charge >= 0.3 is 0 Å². The lowest BCUT2D eigenvalue weighted by atomic mass is 10.1. The summed E-state index contributed by atoms with van der Waals surface area (Å²) in [4.78, 5) is 4.61. The molecule has 1 aromatic heterocycles. The Hall–Kier alpha value is -0.830. The Bertz CT molecular complexity index is 502. The largest absolute Gasteiger partial charge is 0.381 e. The summed E-state index contributed by atoms with van der Waals surface area (Å²) in [7, 11) is 1.99. The average Bonchev–Trinajstić information content (AvgIpc) is 2.80. The second-order valence-corrected chi connectivity index (χ2v) is 6.03. The van der Waals surface area contributed by atoms with Gasteiger partial charge in [0.15, 0.2) is 5.96 Å². The SMILES string of the molecule is CCCCOCCCN=C(NCC)NCCc1c(C)nn(C)c1C.I. The van der Waals surface area contributed by atoms with Crippen molar-refractivity contribution in [3.63, 3.8) is 0 Å². The molecule has 0 aliphatic heterocycles. The van der Waals surface area contributed by atoms with E-state index in [2.05, 4.69) is 48.4 Å². The van der Waals surface area contributed by atoms with E-state index < -0.39 is 0 Å². The fourth-order valence-corrected chi connectivity index (χ4v) is 2.53. The maximum absolute atomic E-state index is 5.56. The molecule has 0 aromatic carbocycles. The molecule has 0 aliphatic rings. The molecule has 0 aliphatic carbocycles. The van der Waals surface area contributed by atoms with E-state index in [-0.39, 0.29) is 24.0 Å². The Labute approximate surface area is 170 Å². The van der Waals surface area contributed by atoms with Gasteiger partial charge in [-0.25, -0.2) is 0 Å². The first kappa shape index (κ1) is 24.2. The molecule has 1 rings (SSSR count). The summed E-state index contributed by atoms with van der Waals surface area (Å²) in [5.74, 6) is 0.880. The predicted octanol–water partition coefficient (Wildman–Crippen LogP) is 2.96. The predicted molar refractivity (Wildman–Crippen MR) is 116 cm³/mol. The first-order valence-corrected chi connectivity index (χ1v) is 9.19. The molecular weight excluding hydrogens is 429 g/mol. The molecule has 2 N–H and O–H groups in total. The van der Waals surface area contributed by atoms with Gasteiger partial charge in [0.2, 0.25) is 0 Å². The molecule has 0 unspecified atom stereocenters. The number of halogens is 1. The fourth-order valence-electron chi connectivity index (χ4n) is 2.53. The van der Waals surface area contributed by atoms with Crippen molar-refractivity contribution in [1.29, 1.82) is 0 Å². The van der Waals surface area contributed by atoms with Crippen LogP contribution in [-0.2, 0) is 18.2 Å². The molecule has 0 saturated heterocycles. The molecule has 146 valence electrons. The van der Waals surface area contributed by atoms with Gasteiger partial charge in [0.1, 0.15) is 0 Å². The summed E-state index contributed by atoms with van der Waals surface area (Å²) < 4.78 is 7.51. The van der Waals surface area contributed by atoms with E-state index in [1.165, 1.54) is 17.7 Å². The van der Waals surface area contributed by atoms with Gasteiger partial charge in [-0.3, -0.25) is 9.67 Å². The fraction of sp³-hybridized carbons (Fsp3) is 0.778. The number of aromatic nitrogens is 2. The zero-order chi connectivity index (χ0) is 17.8. The number of ether oxygens (including phenoxy) is 1. The van der Waals surface area contributed by atoms with Crippen molar-refractivity contribution >= 4 is 29.9 Å². The van der Waals surface area contributed by atoms with Crippen molar-refractivity contribution in [2.24, 2.45) is 12.0 Å². The molecule has 0 fully saturated rings. The van der Waals surface area contributed by atoms with Gasteiger partial charge in [-0.1, -0.05) is 13.3 Å². The van der Waals surface area contributed by atoms with Gasteiger partial charge in [0, 0.05) is 45.6 Å². The Morgan fingerprint density at radius 2 is 1.88 bits per heavy atom. The number of aliphatic imine (C=N–C) groups is 1. The number of unbranched alkanes of at least 4 members (excludes halogenated alkanes) is 1. The van der Waals surface area contributed by atoms with E-state index >= 15 is 0 Å². The molecule has 0 saturated carbocycles. The van der Waals surface area contributed by atoms with Gasteiger partial charge in [-0.2, -0.15) is 5.10 Å². The molecule has 0 atom stereocenters. The topological polar surface area (TPSA) is 63.5 Å². The van der Waals surface area contributed by atoms with Crippen molar-refractivity contribution in [2.75, 3.05) is 32.8 Å². The van der Waals surface area contributed by atoms with Gasteiger partial charge in [0.25, 0.3) is 0 Å². The minimum atomic E-state index is 0. The standard InChI is InChI=1S/C18H35N5O.HI/c1-6-8-13-24-14-9-11-20-18(19-7-2)21-12-10-17-15(3)22-23(5)16(17)4;/h6-14H2,1-5H3,(H2,19,20,21);1H. The van der Waals surface area contributed by atoms with Crippen LogP contribution in [-0.4, -0.2) is 48.6 Å². The molecule has 1 aromatic rings. The molecule has 6 nitrogen and oxygen atoms in total. The second kappa shape index (κ2) is 14.4. The number of hydrogen-bond acceptors (Lipinski definition) is 3. The Balaban J connectivity index is 0.00000576. The minimum Gasteiger partial charge on any atom is -0.381 e. The van der Waals surface area contributed by atoms with Gasteiger partial charge in [-0.15, -0.1) is 24.0 Å². The number of aryl methyl sites for hydroxylation is 2. The van der Waals surface area contributed by atoms with Gasteiger partial charge in [0.05, 0.1) is 5.69 Å². The van der Waals surface area contributed by atoms with Crippen LogP contribution in [0.1, 0.15) is 50.1 Å². The van der Waals surface area contributed by atoms with Crippen LogP contribution in [0.4, 0.5) is 0 Å². The molecule has 0 amide bonds. The minimum absolute atomic E-state index is 0. The number of nitrogens with one attached hydrogen (secondary N) is 2. The third-order valence-electron chi connectivity index (χ3n) is 4.03. The van der Waals surface area contributed by atoms with Crippen LogP contribution in [0.3, 0.4) is 0 Å². The second-order valence-electron chi connectivity index (χ2n) is 6.03. The molecule has 25 heavy (non-hydrogen) atoms. The monoisotopic (exact) mass is 465 g/mol. The molecule has 7 heteroatoms. The molecule has 1 heterocycles. The first-order chi connectivity index (χ1) is 11.6. The highest BCUT2D eigenvalue weighted by molar-refractivity contribution is 14.0. The highest BCUT2D eigenvalue weighted by atomic mass is 127. The summed E-state index contributed by atoms with van der Waals surface area (Å²) in [6.07, 6.45) is 4.24. The summed E-state index contributed by atoms with van der Waals surface area (Å²) >= 11 is 0. The van der Waals surface area contributed by atoms with E-state index in [0.717, 1.165) is 63.8 Å². The lowest BCUT2D eigenvalue weighted by Gasteiger charge is -2.11. The van der Waals surface area contributed by atoms with Crippen LogP contribution < -0.4 is 10.6 Å². The highest BCUT2D eigenvalue weighted by Crippen LogP contribution is 2.11. The van der Waals surface area contributed by atoms with Gasteiger partial charge < -0.3 is 15.4 Å². The zero-order valence-corrected chi connectivity index (χ0v) is 18.9. The van der Waals surface area contributed by atoms with Crippen molar-refractivity contribution in [3.8, 4) is 0 Å². The highest BCUT2D eigenvalue weighted by Gasteiger charge is 2.08. The molecule has 0 spiro atoms. The normalized spacial score (nSPS) is 11.3. The van der Waals surface area contributed by atoms with Crippen LogP contribution in [0.5, 0.6) is 0 Å². The van der Waals surface area contributed by atoms with E-state index in [1.807, 2.05) is 11.7 Å². The lowest BCUT2D eigenvalue weighted by Crippen LogP contribution is -2.38. The van der Waals surface area contributed by atoms with Crippen LogP contribution in [0, 0.1) is 13.8 Å². The van der Waals surface area contributed by atoms with E-state index in [0.29, 0.717) is 0 Å². The van der Waals surface area contributed by atoms with Gasteiger partial charge in [-0.05, 0) is 45.6 Å². The number of guanidine groups is 1. The molecular formula is C18H36IN5O. The summed E-state index contributed by atoms with van der Waals surface area (Å²) in [6, 6.07) is 0. The van der Waals surface area contributed by atoms with E-state index in [4.69, 9.17) is 4.74 Å². The smallest absolute Gasteiger partial charge is 0.191 e. The summed E-state index contributed by atoms with van der Waals surface area (Å²) in [6.45, 7) is 12.6. The average molecular weight is 465 g/mol.